The summed E-state index contributed by atoms with van der Waals surface area (Å²) in [6, 6.07) is 0.361. The zero-order valence-electron chi connectivity index (χ0n) is 10.7. The predicted molar refractivity (Wildman–Crippen MR) is 66.9 cm³/mol. The summed E-state index contributed by atoms with van der Waals surface area (Å²) < 4.78 is 0. The Morgan fingerprint density at radius 1 is 1.33 bits per heavy atom. The molecule has 1 fully saturated rings. The minimum atomic E-state index is 0.361. The van der Waals surface area contributed by atoms with Crippen molar-refractivity contribution < 1.29 is 0 Å². The number of nitrogens with zero attached hydrogens (tertiary/aromatic N) is 1. The molecule has 1 rings (SSSR count). The molecule has 2 heteroatoms. The maximum absolute atomic E-state index is 6.21. The molecule has 2 unspecified atom stereocenters. The molecule has 0 saturated heterocycles. The molecule has 0 radical (unpaired) electrons. The second-order valence-corrected chi connectivity index (χ2v) is 5.25. The van der Waals surface area contributed by atoms with Crippen molar-refractivity contribution in [3.05, 3.63) is 0 Å². The zero-order valence-corrected chi connectivity index (χ0v) is 10.7. The highest BCUT2D eigenvalue weighted by atomic mass is 15.1. The van der Waals surface area contributed by atoms with E-state index in [1.807, 2.05) is 0 Å². The van der Waals surface area contributed by atoms with Crippen molar-refractivity contribution in [2.24, 2.45) is 17.6 Å². The molecular formula is C13H28N2. The van der Waals surface area contributed by atoms with Crippen LogP contribution in [0.15, 0.2) is 0 Å². The van der Waals surface area contributed by atoms with Crippen LogP contribution in [-0.2, 0) is 0 Å². The summed E-state index contributed by atoms with van der Waals surface area (Å²) in [5.41, 5.74) is 6.21. The monoisotopic (exact) mass is 212 g/mol. The van der Waals surface area contributed by atoms with E-state index in [1.54, 1.807) is 0 Å². The van der Waals surface area contributed by atoms with E-state index < -0.39 is 0 Å². The van der Waals surface area contributed by atoms with Crippen LogP contribution in [0.1, 0.15) is 46.5 Å². The lowest BCUT2D eigenvalue weighted by Crippen LogP contribution is -2.42. The molecule has 0 aromatic heterocycles. The Kier molecular flexibility index (Phi) is 5.62. The third kappa shape index (κ3) is 4.98. The van der Waals surface area contributed by atoms with Gasteiger partial charge in [-0.25, -0.2) is 0 Å². The number of rotatable bonds is 8. The Bertz CT molecular complexity index is 166. The van der Waals surface area contributed by atoms with Crippen molar-refractivity contribution in [1.29, 1.82) is 0 Å². The molecule has 1 saturated carbocycles. The van der Waals surface area contributed by atoms with Crippen LogP contribution in [0.4, 0.5) is 0 Å². The molecule has 0 amide bonds. The summed E-state index contributed by atoms with van der Waals surface area (Å²) in [6.07, 6.45) is 5.34. The van der Waals surface area contributed by atoms with Crippen LogP contribution < -0.4 is 5.73 Å². The van der Waals surface area contributed by atoms with Crippen LogP contribution in [-0.4, -0.2) is 30.6 Å². The van der Waals surface area contributed by atoms with Crippen LogP contribution in [0.5, 0.6) is 0 Å². The molecular weight excluding hydrogens is 184 g/mol. The highest BCUT2D eigenvalue weighted by Gasteiger charge is 2.25. The van der Waals surface area contributed by atoms with Crippen molar-refractivity contribution in [1.82, 2.24) is 4.90 Å². The molecule has 90 valence electrons. The average molecular weight is 212 g/mol. The van der Waals surface area contributed by atoms with Gasteiger partial charge in [-0.3, -0.25) is 0 Å². The molecule has 15 heavy (non-hydrogen) atoms. The molecule has 0 aliphatic heterocycles. The van der Waals surface area contributed by atoms with Crippen molar-refractivity contribution in [2.75, 3.05) is 19.6 Å². The summed E-state index contributed by atoms with van der Waals surface area (Å²) in [5.74, 6) is 1.64. The second kappa shape index (κ2) is 6.49. The zero-order chi connectivity index (χ0) is 11.3. The first-order chi connectivity index (χ1) is 7.17. The van der Waals surface area contributed by atoms with E-state index in [4.69, 9.17) is 5.73 Å². The van der Waals surface area contributed by atoms with E-state index in [-0.39, 0.29) is 0 Å². The molecule has 1 aliphatic rings. The minimum absolute atomic E-state index is 0.361. The SMILES string of the molecule is CCCN(CC1CC1)CC(N)C(C)CC. The molecule has 0 bridgehead atoms. The van der Waals surface area contributed by atoms with Crippen molar-refractivity contribution in [3.63, 3.8) is 0 Å². The van der Waals surface area contributed by atoms with Crippen LogP contribution in [0.3, 0.4) is 0 Å². The fourth-order valence-corrected chi connectivity index (χ4v) is 2.02. The summed E-state index contributed by atoms with van der Waals surface area (Å²) in [6.45, 7) is 10.4. The van der Waals surface area contributed by atoms with E-state index >= 15 is 0 Å². The highest BCUT2D eigenvalue weighted by Crippen LogP contribution is 2.29. The third-order valence-corrected chi connectivity index (χ3v) is 3.60. The topological polar surface area (TPSA) is 29.3 Å². The maximum Gasteiger partial charge on any atom is 0.0193 e. The van der Waals surface area contributed by atoms with E-state index in [1.165, 1.54) is 38.8 Å². The first-order valence-corrected chi connectivity index (χ1v) is 6.65. The fourth-order valence-electron chi connectivity index (χ4n) is 2.02. The van der Waals surface area contributed by atoms with Gasteiger partial charge in [0.05, 0.1) is 0 Å². The molecule has 0 aromatic rings. The van der Waals surface area contributed by atoms with Gasteiger partial charge in [0, 0.05) is 19.1 Å². The van der Waals surface area contributed by atoms with Crippen LogP contribution in [0, 0.1) is 11.8 Å². The van der Waals surface area contributed by atoms with Crippen LogP contribution in [0.25, 0.3) is 0 Å². The summed E-state index contributed by atoms with van der Waals surface area (Å²) >= 11 is 0. The van der Waals surface area contributed by atoms with Gasteiger partial charge < -0.3 is 10.6 Å². The maximum atomic E-state index is 6.21. The lowest BCUT2D eigenvalue weighted by atomic mass is 9.99. The van der Waals surface area contributed by atoms with Crippen LogP contribution in [0.2, 0.25) is 0 Å². The normalized spacial score (nSPS) is 20.6. The first-order valence-electron chi connectivity index (χ1n) is 6.65. The Balaban J connectivity index is 2.27. The lowest BCUT2D eigenvalue weighted by molar-refractivity contribution is 0.224. The van der Waals surface area contributed by atoms with E-state index in [2.05, 4.69) is 25.7 Å². The van der Waals surface area contributed by atoms with Crippen molar-refractivity contribution in [3.8, 4) is 0 Å². The van der Waals surface area contributed by atoms with E-state index in [0.717, 1.165) is 12.5 Å². The van der Waals surface area contributed by atoms with Crippen molar-refractivity contribution in [2.45, 2.75) is 52.5 Å². The lowest BCUT2D eigenvalue weighted by Gasteiger charge is -2.28. The molecule has 0 heterocycles. The van der Waals surface area contributed by atoms with Gasteiger partial charge >= 0.3 is 0 Å². The van der Waals surface area contributed by atoms with Crippen LogP contribution >= 0.6 is 0 Å². The summed E-state index contributed by atoms with van der Waals surface area (Å²) in [5, 5.41) is 0. The van der Waals surface area contributed by atoms with Gasteiger partial charge in [-0.05, 0) is 37.6 Å². The van der Waals surface area contributed by atoms with Gasteiger partial charge in [0.1, 0.15) is 0 Å². The Labute approximate surface area is 95.2 Å². The Hall–Kier alpha value is -0.0800. The first kappa shape index (κ1) is 13.0. The Morgan fingerprint density at radius 2 is 2.00 bits per heavy atom. The Morgan fingerprint density at radius 3 is 2.47 bits per heavy atom. The van der Waals surface area contributed by atoms with Crippen molar-refractivity contribution >= 4 is 0 Å². The van der Waals surface area contributed by atoms with Gasteiger partial charge in [0.2, 0.25) is 0 Å². The summed E-state index contributed by atoms with van der Waals surface area (Å²) in [4.78, 5) is 2.58. The quantitative estimate of drug-likeness (QED) is 0.670. The standard InChI is InChI=1S/C13H28N2/c1-4-8-15(9-12-6-7-12)10-13(14)11(3)5-2/h11-13H,4-10,14H2,1-3H3. The van der Waals surface area contributed by atoms with Gasteiger partial charge in [0.15, 0.2) is 0 Å². The van der Waals surface area contributed by atoms with Gasteiger partial charge in [-0.1, -0.05) is 27.2 Å². The van der Waals surface area contributed by atoms with Gasteiger partial charge in [-0.2, -0.15) is 0 Å². The molecule has 2 nitrogen and oxygen atoms in total. The molecule has 2 N–H and O–H groups in total. The third-order valence-electron chi connectivity index (χ3n) is 3.60. The molecule has 1 aliphatic carbocycles. The number of hydrogen-bond acceptors (Lipinski definition) is 2. The number of nitrogens with two attached hydrogens (primary N) is 1. The highest BCUT2D eigenvalue weighted by molar-refractivity contribution is 4.80. The second-order valence-electron chi connectivity index (χ2n) is 5.25. The van der Waals surface area contributed by atoms with Gasteiger partial charge in [-0.15, -0.1) is 0 Å². The largest absolute Gasteiger partial charge is 0.326 e. The molecule has 0 aromatic carbocycles. The van der Waals surface area contributed by atoms with E-state index in [9.17, 15) is 0 Å². The smallest absolute Gasteiger partial charge is 0.0193 e. The summed E-state index contributed by atoms with van der Waals surface area (Å²) in [7, 11) is 0. The van der Waals surface area contributed by atoms with E-state index in [0.29, 0.717) is 12.0 Å². The average Bonchev–Trinajstić information content (AvgIpc) is 3.00. The fraction of sp³-hybridized carbons (Fsp3) is 1.00. The predicted octanol–water partition coefficient (Wildman–Crippen LogP) is 2.48. The van der Waals surface area contributed by atoms with Gasteiger partial charge in [0.25, 0.3) is 0 Å². The number of hydrogen-bond donors (Lipinski definition) is 1. The molecule has 2 atom stereocenters. The minimum Gasteiger partial charge on any atom is -0.326 e. The molecule has 0 spiro atoms.